The second kappa shape index (κ2) is 5.12. The van der Waals surface area contributed by atoms with Gasteiger partial charge in [0.05, 0.1) is 12.2 Å². The fourth-order valence-electron chi connectivity index (χ4n) is 1.23. The van der Waals surface area contributed by atoms with Crippen LogP contribution in [-0.4, -0.2) is 27.9 Å². The van der Waals surface area contributed by atoms with Crippen molar-refractivity contribution in [3.63, 3.8) is 0 Å². The Kier molecular flexibility index (Phi) is 4.06. The Balaban J connectivity index is 2.23. The quantitative estimate of drug-likeness (QED) is 0.772. The molecule has 1 aromatic heterocycles. The molecule has 0 fully saturated rings. The molecule has 0 aliphatic carbocycles. The fourth-order valence-corrected chi connectivity index (χ4v) is 1.23. The molecule has 0 aliphatic heterocycles. The molecular weight excluding hydrogens is 206 g/mol. The number of aromatic nitrogens is 2. The average molecular weight is 225 g/mol. The molecule has 0 radical (unpaired) electrons. The van der Waals surface area contributed by atoms with Crippen LogP contribution >= 0.6 is 0 Å². The molecule has 0 bridgehead atoms. The molecule has 16 heavy (non-hydrogen) atoms. The second-order valence-corrected chi connectivity index (χ2v) is 4.67. The van der Waals surface area contributed by atoms with Crippen molar-refractivity contribution in [1.29, 1.82) is 0 Å². The van der Waals surface area contributed by atoms with Gasteiger partial charge in [-0.05, 0) is 26.8 Å². The molecule has 1 N–H and O–H groups in total. The van der Waals surface area contributed by atoms with Gasteiger partial charge in [-0.2, -0.15) is 5.10 Å². The van der Waals surface area contributed by atoms with Crippen molar-refractivity contribution in [2.75, 3.05) is 6.54 Å². The Bertz CT molecular complexity index is 352. The van der Waals surface area contributed by atoms with E-state index in [1.165, 1.54) is 0 Å². The Labute approximate surface area is 95.8 Å². The molecule has 90 valence electrons. The summed E-state index contributed by atoms with van der Waals surface area (Å²) in [5, 5.41) is 7.17. The Hall–Kier alpha value is -1.36. The number of esters is 1. The summed E-state index contributed by atoms with van der Waals surface area (Å²) < 4.78 is 6.88. The first kappa shape index (κ1) is 12.7. The monoisotopic (exact) mass is 225 g/mol. The van der Waals surface area contributed by atoms with Gasteiger partial charge in [-0.1, -0.05) is 0 Å². The zero-order valence-corrected chi connectivity index (χ0v) is 10.3. The van der Waals surface area contributed by atoms with E-state index in [9.17, 15) is 4.79 Å². The summed E-state index contributed by atoms with van der Waals surface area (Å²) in [5.74, 6) is -0.247. The summed E-state index contributed by atoms with van der Waals surface area (Å²) in [5.41, 5.74) is 0.482. The van der Waals surface area contributed by atoms with Crippen molar-refractivity contribution < 1.29 is 9.53 Å². The highest BCUT2D eigenvalue weighted by Gasteiger charge is 2.15. The second-order valence-electron chi connectivity index (χ2n) is 4.67. The summed E-state index contributed by atoms with van der Waals surface area (Å²) in [7, 11) is 1.86. The van der Waals surface area contributed by atoms with E-state index >= 15 is 0 Å². The third-order valence-corrected chi connectivity index (χ3v) is 1.76. The van der Waals surface area contributed by atoms with Crippen LogP contribution in [0.25, 0.3) is 0 Å². The zero-order chi connectivity index (χ0) is 12.2. The number of ether oxygens (including phenoxy) is 1. The number of carbonyl (C=O) groups is 1. The molecule has 1 rings (SSSR count). The van der Waals surface area contributed by atoms with Gasteiger partial charge >= 0.3 is 5.97 Å². The maximum absolute atomic E-state index is 11.3. The molecule has 5 nitrogen and oxygen atoms in total. The molecule has 1 aromatic rings. The lowest BCUT2D eigenvalue weighted by Crippen LogP contribution is -2.31. The van der Waals surface area contributed by atoms with Crippen LogP contribution in [0.3, 0.4) is 0 Å². The largest absolute Gasteiger partial charge is 0.459 e. The lowest BCUT2D eigenvalue weighted by Gasteiger charge is -2.19. The third-order valence-electron chi connectivity index (χ3n) is 1.76. The van der Waals surface area contributed by atoms with E-state index in [1.54, 1.807) is 4.68 Å². The van der Waals surface area contributed by atoms with E-state index in [-0.39, 0.29) is 12.5 Å². The molecule has 0 saturated carbocycles. The Morgan fingerprint density at radius 1 is 1.56 bits per heavy atom. The molecule has 0 aliphatic rings. The lowest BCUT2D eigenvalue weighted by molar-refractivity contribution is -0.153. The number of aryl methyl sites for hydroxylation is 1. The lowest BCUT2D eigenvalue weighted by atomic mass is 10.2. The predicted octanol–water partition coefficient (Wildman–Crippen LogP) is 0.851. The van der Waals surface area contributed by atoms with E-state index in [1.807, 2.05) is 40.1 Å². The number of nitrogens with one attached hydrogen (secondary N) is 1. The predicted molar refractivity (Wildman–Crippen MR) is 60.8 cm³/mol. The van der Waals surface area contributed by atoms with Crippen molar-refractivity contribution >= 4 is 5.97 Å². The highest BCUT2D eigenvalue weighted by atomic mass is 16.6. The third kappa shape index (κ3) is 4.93. The SMILES string of the molecule is Cn1ccc(CNCC(=O)OC(C)(C)C)n1. The summed E-state index contributed by atoms with van der Waals surface area (Å²) in [4.78, 5) is 11.3. The highest BCUT2D eigenvalue weighted by Crippen LogP contribution is 2.06. The molecule has 5 heteroatoms. The highest BCUT2D eigenvalue weighted by molar-refractivity contribution is 5.72. The summed E-state index contributed by atoms with van der Waals surface area (Å²) in [6, 6.07) is 1.90. The first-order valence-electron chi connectivity index (χ1n) is 5.28. The molecule has 0 saturated heterocycles. The van der Waals surface area contributed by atoms with Crippen molar-refractivity contribution in [2.24, 2.45) is 7.05 Å². The van der Waals surface area contributed by atoms with Gasteiger partial charge in [-0.15, -0.1) is 0 Å². The van der Waals surface area contributed by atoms with Crippen LogP contribution < -0.4 is 5.32 Å². The molecule has 0 unspecified atom stereocenters. The van der Waals surface area contributed by atoms with Crippen LogP contribution in [0, 0.1) is 0 Å². The summed E-state index contributed by atoms with van der Waals surface area (Å²) in [6.07, 6.45) is 1.87. The van der Waals surface area contributed by atoms with E-state index in [4.69, 9.17) is 4.74 Å². The first-order valence-corrected chi connectivity index (χ1v) is 5.28. The summed E-state index contributed by atoms with van der Waals surface area (Å²) >= 11 is 0. The van der Waals surface area contributed by atoms with Gasteiger partial charge in [0.1, 0.15) is 5.60 Å². The molecule has 0 atom stereocenters. The van der Waals surface area contributed by atoms with E-state index in [0.717, 1.165) is 5.69 Å². The van der Waals surface area contributed by atoms with Crippen molar-refractivity contribution in [3.05, 3.63) is 18.0 Å². The van der Waals surface area contributed by atoms with Crippen molar-refractivity contribution in [1.82, 2.24) is 15.1 Å². The smallest absolute Gasteiger partial charge is 0.320 e. The number of hydrogen-bond donors (Lipinski definition) is 1. The topological polar surface area (TPSA) is 56.2 Å². The standard InChI is InChI=1S/C11H19N3O2/c1-11(2,3)16-10(15)8-12-7-9-5-6-14(4)13-9/h5-6,12H,7-8H2,1-4H3. The number of hydrogen-bond acceptors (Lipinski definition) is 4. The molecule has 0 amide bonds. The molecule has 0 spiro atoms. The minimum absolute atomic E-state index is 0.202. The van der Waals surface area contributed by atoms with Crippen LogP contribution in [0.4, 0.5) is 0 Å². The first-order chi connectivity index (χ1) is 7.37. The summed E-state index contributed by atoms with van der Waals surface area (Å²) in [6.45, 7) is 6.32. The van der Waals surface area contributed by atoms with Gasteiger partial charge in [0.2, 0.25) is 0 Å². The number of carbonyl (C=O) groups excluding carboxylic acids is 1. The minimum atomic E-state index is -0.427. The molecule has 1 heterocycles. The minimum Gasteiger partial charge on any atom is -0.459 e. The van der Waals surface area contributed by atoms with E-state index < -0.39 is 5.60 Å². The van der Waals surface area contributed by atoms with Crippen LogP contribution in [0.2, 0.25) is 0 Å². The van der Waals surface area contributed by atoms with Crippen LogP contribution in [0.1, 0.15) is 26.5 Å². The number of nitrogens with zero attached hydrogens (tertiary/aromatic N) is 2. The van der Waals surface area contributed by atoms with Gasteiger partial charge in [0.15, 0.2) is 0 Å². The van der Waals surface area contributed by atoms with E-state index in [0.29, 0.717) is 6.54 Å². The van der Waals surface area contributed by atoms with Gasteiger partial charge in [-0.25, -0.2) is 0 Å². The molecule has 0 aromatic carbocycles. The van der Waals surface area contributed by atoms with Crippen molar-refractivity contribution in [3.8, 4) is 0 Å². The zero-order valence-electron chi connectivity index (χ0n) is 10.3. The van der Waals surface area contributed by atoms with Gasteiger partial charge in [-0.3, -0.25) is 9.48 Å². The average Bonchev–Trinajstić information content (AvgIpc) is 2.48. The fraction of sp³-hybridized carbons (Fsp3) is 0.636. The molecular formula is C11H19N3O2. The van der Waals surface area contributed by atoms with Gasteiger partial charge < -0.3 is 10.1 Å². The van der Waals surface area contributed by atoms with Crippen LogP contribution in [0.15, 0.2) is 12.3 Å². The maximum atomic E-state index is 11.3. The normalized spacial score (nSPS) is 11.5. The Morgan fingerprint density at radius 3 is 2.75 bits per heavy atom. The number of rotatable bonds is 4. The van der Waals surface area contributed by atoms with Gasteiger partial charge in [0, 0.05) is 19.8 Å². The Morgan fingerprint density at radius 2 is 2.25 bits per heavy atom. The van der Waals surface area contributed by atoms with Crippen LogP contribution in [-0.2, 0) is 23.1 Å². The van der Waals surface area contributed by atoms with Gasteiger partial charge in [0.25, 0.3) is 0 Å². The maximum Gasteiger partial charge on any atom is 0.320 e. The van der Waals surface area contributed by atoms with Crippen LogP contribution in [0.5, 0.6) is 0 Å². The van der Waals surface area contributed by atoms with Crippen molar-refractivity contribution in [2.45, 2.75) is 32.9 Å². The van der Waals surface area contributed by atoms with E-state index in [2.05, 4.69) is 10.4 Å².